The summed E-state index contributed by atoms with van der Waals surface area (Å²) in [4.78, 5) is 50.9. The second kappa shape index (κ2) is 5.85. The van der Waals surface area contributed by atoms with Gasteiger partial charge in [-0.3, -0.25) is 19.7 Å². The van der Waals surface area contributed by atoms with E-state index in [0.717, 1.165) is 12.8 Å². The molecule has 0 aromatic rings. The number of ketones is 1. The first-order chi connectivity index (χ1) is 15.3. The monoisotopic (exact) mass is 453 g/mol. The summed E-state index contributed by atoms with van der Waals surface area (Å²) >= 11 is 0. The first-order valence-corrected chi connectivity index (χ1v) is 12.0. The number of ether oxygens (including phenoxy) is 2. The highest BCUT2D eigenvalue weighted by Crippen LogP contribution is 2.80. The van der Waals surface area contributed by atoms with Crippen LogP contribution in [0.2, 0.25) is 0 Å². The molecule has 8 atom stereocenters. The van der Waals surface area contributed by atoms with Gasteiger partial charge in [0.15, 0.2) is 0 Å². The standard InChI is InChI=1S/C26H31NO6/c1-22(2)16-12-17(28)25(5)15(23(16,3)8-7-20(30)33-22)6-9-24(4)14(11-18-26(24,25)32-18)13-10-19(29)27-21(13)31/h7-8,10,14-16,18H,6,9,11-12H2,1-5H3,(H,27,29,31)/t14-,15+,16-,18+,23+,24-,25-,26+/m0/s1. The van der Waals surface area contributed by atoms with E-state index in [0.29, 0.717) is 18.4 Å². The number of fused-ring (bicyclic) bond motifs is 3. The second-order valence-electron chi connectivity index (χ2n) is 12.2. The molecule has 3 heterocycles. The molecule has 7 heteroatoms. The number of imide groups is 1. The molecule has 2 amide bonds. The van der Waals surface area contributed by atoms with Crippen molar-refractivity contribution in [2.45, 2.75) is 77.6 Å². The highest BCUT2D eigenvalue weighted by Gasteiger charge is 2.87. The van der Waals surface area contributed by atoms with E-state index in [2.05, 4.69) is 26.1 Å². The van der Waals surface area contributed by atoms with Crippen LogP contribution in [0, 0.1) is 34.0 Å². The smallest absolute Gasteiger partial charge is 0.330 e. The lowest BCUT2D eigenvalue weighted by Crippen LogP contribution is -2.68. The van der Waals surface area contributed by atoms with Crippen molar-refractivity contribution in [3.63, 3.8) is 0 Å². The number of carbonyl (C=O) groups excluding carboxylic acids is 4. The molecule has 1 N–H and O–H groups in total. The number of esters is 1. The molecule has 1 spiro atoms. The lowest BCUT2D eigenvalue weighted by molar-refractivity contribution is -0.196. The zero-order valence-corrected chi connectivity index (χ0v) is 19.8. The van der Waals surface area contributed by atoms with E-state index in [-0.39, 0.29) is 47.4 Å². The van der Waals surface area contributed by atoms with Crippen LogP contribution in [0.3, 0.4) is 0 Å². The largest absolute Gasteiger partial charge is 0.456 e. The molecule has 7 nitrogen and oxygen atoms in total. The fourth-order valence-electron chi connectivity index (χ4n) is 9.23. The van der Waals surface area contributed by atoms with Crippen molar-refractivity contribution in [1.29, 1.82) is 0 Å². The first-order valence-electron chi connectivity index (χ1n) is 12.0. The average Bonchev–Trinajstić information content (AvgIpc) is 3.29. The Morgan fingerprint density at radius 2 is 1.76 bits per heavy atom. The van der Waals surface area contributed by atoms with Gasteiger partial charge in [-0.15, -0.1) is 0 Å². The average molecular weight is 454 g/mol. The summed E-state index contributed by atoms with van der Waals surface area (Å²) in [7, 11) is 0. The molecule has 0 radical (unpaired) electrons. The van der Waals surface area contributed by atoms with E-state index < -0.39 is 27.4 Å². The zero-order valence-electron chi connectivity index (χ0n) is 19.8. The Morgan fingerprint density at radius 3 is 2.42 bits per heavy atom. The number of Topliss-reactive ketones (excluding diaryl/α,β-unsaturated/α-hetero) is 1. The highest BCUT2D eigenvalue weighted by molar-refractivity contribution is 6.16. The molecule has 3 aliphatic carbocycles. The van der Waals surface area contributed by atoms with E-state index in [1.807, 2.05) is 19.9 Å². The highest BCUT2D eigenvalue weighted by atomic mass is 16.6. The Morgan fingerprint density at radius 1 is 1.03 bits per heavy atom. The van der Waals surface area contributed by atoms with Crippen molar-refractivity contribution in [3.05, 3.63) is 23.8 Å². The number of rotatable bonds is 1. The van der Waals surface area contributed by atoms with Gasteiger partial charge >= 0.3 is 5.97 Å². The molecule has 3 aliphatic heterocycles. The van der Waals surface area contributed by atoms with E-state index >= 15 is 0 Å². The number of amides is 2. The van der Waals surface area contributed by atoms with Gasteiger partial charge in [0, 0.05) is 41.4 Å². The summed E-state index contributed by atoms with van der Waals surface area (Å²) in [5.74, 6) is -1.17. The van der Waals surface area contributed by atoms with E-state index in [1.165, 1.54) is 12.2 Å². The Kier molecular flexibility index (Phi) is 3.77. The third-order valence-corrected chi connectivity index (χ3v) is 10.6. The van der Waals surface area contributed by atoms with Gasteiger partial charge in [0.05, 0.1) is 11.5 Å². The molecule has 4 fully saturated rings. The predicted molar refractivity (Wildman–Crippen MR) is 116 cm³/mol. The van der Waals surface area contributed by atoms with Gasteiger partial charge in [-0.2, -0.15) is 0 Å². The van der Waals surface area contributed by atoms with Gasteiger partial charge < -0.3 is 9.47 Å². The lowest BCUT2D eigenvalue weighted by Gasteiger charge is -2.63. The quantitative estimate of drug-likeness (QED) is 0.372. The number of carbonyl (C=O) groups is 4. The Bertz CT molecular complexity index is 1100. The Hall–Kier alpha value is -2.28. The topological polar surface area (TPSA) is 102 Å². The summed E-state index contributed by atoms with van der Waals surface area (Å²) in [6.07, 6.45) is 7.35. The Balaban J connectivity index is 1.48. The van der Waals surface area contributed by atoms with Gasteiger partial charge in [0.2, 0.25) is 0 Å². The van der Waals surface area contributed by atoms with Gasteiger partial charge in [-0.25, -0.2) is 4.79 Å². The maximum atomic E-state index is 14.1. The molecular weight excluding hydrogens is 422 g/mol. The van der Waals surface area contributed by atoms with Crippen LogP contribution in [0.15, 0.2) is 23.8 Å². The number of epoxide rings is 1. The second-order valence-corrected chi connectivity index (χ2v) is 12.2. The molecule has 0 aromatic carbocycles. The maximum Gasteiger partial charge on any atom is 0.330 e. The van der Waals surface area contributed by atoms with Crippen molar-refractivity contribution in [3.8, 4) is 0 Å². The van der Waals surface area contributed by atoms with Crippen LogP contribution in [0.5, 0.6) is 0 Å². The molecule has 0 aromatic heterocycles. The SMILES string of the molecule is CC1(C)OC(=O)C=C[C@]2(C)[C@H]3CC[C@@]4(C)[C@H](C5=CC(=O)NC5=O)C[C@H]5O[C@]54[C@]3(C)C(=O)C[C@@H]12. The fourth-order valence-corrected chi connectivity index (χ4v) is 9.23. The molecule has 0 bridgehead atoms. The predicted octanol–water partition coefficient (Wildman–Crippen LogP) is 2.64. The normalized spacial score (nSPS) is 51.5. The van der Waals surface area contributed by atoms with Gasteiger partial charge in [0.25, 0.3) is 11.8 Å². The zero-order chi connectivity index (χ0) is 23.8. The van der Waals surface area contributed by atoms with E-state index in [9.17, 15) is 19.2 Å². The molecule has 1 saturated heterocycles. The fraction of sp³-hybridized carbons (Fsp3) is 0.692. The van der Waals surface area contributed by atoms with Crippen molar-refractivity contribution in [1.82, 2.24) is 5.32 Å². The van der Waals surface area contributed by atoms with E-state index in [4.69, 9.17) is 9.47 Å². The van der Waals surface area contributed by atoms with Crippen LogP contribution in [-0.4, -0.2) is 40.9 Å². The number of allylic oxidation sites excluding steroid dienone is 1. The summed E-state index contributed by atoms with van der Waals surface area (Å²) < 4.78 is 12.2. The first kappa shape index (κ1) is 21.3. The van der Waals surface area contributed by atoms with Crippen molar-refractivity contribution in [2.75, 3.05) is 0 Å². The molecule has 3 saturated carbocycles. The Labute approximate surface area is 193 Å². The molecule has 6 rings (SSSR count). The molecule has 176 valence electrons. The minimum absolute atomic E-state index is 0.0221. The summed E-state index contributed by atoms with van der Waals surface area (Å²) in [5, 5.41) is 2.39. The van der Waals surface area contributed by atoms with Crippen molar-refractivity contribution >= 4 is 23.6 Å². The van der Waals surface area contributed by atoms with Crippen LogP contribution in [0.25, 0.3) is 0 Å². The number of hydrogen-bond donors (Lipinski definition) is 1. The maximum absolute atomic E-state index is 14.1. The minimum Gasteiger partial charge on any atom is -0.456 e. The summed E-state index contributed by atoms with van der Waals surface area (Å²) in [6, 6.07) is 0. The number of cyclic esters (lactones) is 1. The van der Waals surface area contributed by atoms with Gasteiger partial charge in [0.1, 0.15) is 17.0 Å². The third-order valence-electron chi connectivity index (χ3n) is 10.6. The summed E-state index contributed by atoms with van der Waals surface area (Å²) in [5.41, 5.74) is -2.49. The van der Waals surface area contributed by atoms with Crippen LogP contribution in [0.4, 0.5) is 0 Å². The van der Waals surface area contributed by atoms with Crippen LogP contribution in [0.1, 0.15) is 60.3 Å². The number of nitrogens with one attached hydrogen (secondary N) is 1. The molecule has 33 heavy (non-hydrogen) atoms. The van der Waals surface area contributed by atoms with Crippen LogP contribution in [-0.2, 0) is 28.7 Å². The molecule has 0 unspecified atom stereocenters. The van der Waals surface area contributed by atoms with Gasteiger partial charge in [-0.1, -0.05) is 19.9 Å². The van der Waals surface area contributed by atoms with Crippen LogP contribution < -0.4 is 5.32 Å². The van der Waals surface area contributed by atoms with Crippen molar-refractivity contribution in [2.24, 2.45) is 34.0 Å². The lowest BCUT2D eigenvalue weighted by atomic mass is 9.39. The van der Waals surface area contributed by atoms with Crippen molar-refractivity contribution < 1.29 is 28.7 Å². The molecular formula is C26H31NO6. The van der Waals surface area contributed by atoms with E-state index in [1.54, 1.807) is 0 Å². The summed E-state index contributed by atoms with van der Waals surface area (Å²) in [6.45, 7) is 10.2. The van der Waals surface area contributed by atoms with Crippen LogP contribution >= 0.6 is 0 Å². The number of hydrogen-bond acceptors (Lipinski definition) is 6. The van der Waals surface area contributed by atoms with Gasteiger partial charge in [-0.05, 0) is 51.4 Å². The molecule has 6 aliphatic rings. The third kappa shape index (κ3) is 2.21. The minimum atomic E-state index is -0.764.